The Kier molecular flexibility index (Phi) is 6.85. The van der Waals surface area contributed by atoms with E-state index in [-0.39, 0.29) is 35.0 Å². The minimum atomic E-state index is -4.73. The van der Waals surface area contributed by atoms with E-state index >= 15 is 0 Å². The molecule has 3 aromatic heterocycles. The molecular formula is C17H16ClN7O6S. The molecule has 0 radical (unpaired) electrons. The molecule has 0 unspecified atom stereocenters. The van der Waals surface area contributed by atoms with Gasteiger partial charge in [-0.15, -0.1) is 0 Å². The van der Waals surface area contributed by atoms with E-state index in [4.69, 9.17) is 21.1 Å². The molecule has 0 aromatic carbocycles. The zero-order chi connectivity index (χ0) is 23.3. The summed E-state index contributed by atoms with van der Waals surface area (Å²) in [7, 11) is -3.41. The largest absolute Gasteiger partial charge is 0.481 e. The van der Waals surface area contributed by atoms with E-state index in [0.717, 1.165) is 6.20 Å². The number of rotatable bonds is 7. The van der Waals surface area contributed by atoms with E-state index in [1.54, 1.807) is 6.92 Å². The lowest BCUT2D eigenvalue weighted by Crippen LogP contribution is -2.41. The molecule has 0 saturated carbocycles. The minimum Gasteiger partial charge on any atom is -0.481 e. The topological polar surface area (TPSA) is 169 Å². The monoisotopic (exact) mass is 481 g/mol. The first-order chi connectivity index (χ1) is 15.3. The van der Waals surface area contributed by atoms with Crippen LogP contribution in [0.5, 0.6) is 5.88 Å². The number of halogens is 1. The number of hydrogen-bond donors (Lipinski definition) is 2. The summed E-state index contributed by atoms with van der Waals surface area (Å²) in [4.78, 5) is 36.9. The van der Waals surface area contributed by atoms with Crippen LogP contribution in [-0.4, -0.2) is 59.3 Å². The van der Waals surface area contributed by atoms with Crippen molar-refractivity contribution in [2.75, 3.05) is 23.3 Å². The molecule has 3 heterocycles. The zero-order valence-corrected chi connectivity index (χ0v) is 18.2. The maximum Gasteiger partial charge on any atom is 0.344 e. The van der Waals surface area contributed by atoms with E-state index in [0.29, 0.717) is 4.31 Å². The summed E-state index contributed by atoms with van der Waals surface area (Å²) in [6, 6.07) is 4.35. The zero-order valence-electron chi connectivity index (χ0n) is 16.6. The van der Waals surface area contributed by atoms with Gasteiger partial charge in [0.1, 0.15) is 10.7 Å². The molecule has 0 atom stereocenters. The maximum absolute atomic E-state index is 13.4. The van der Waals surface area contributed by atoms with Crippen LogP contribution in [0.15, 0.2) is 41.7 Å². The first-order valence-corrected chi connectivity index (χ1v) is 10.7. The van der Waals surface area contributed by atoms with Crippen LogP contribution >= 0.6 is 11.6 Å². The van der Waals surface area contributed by atoms with Crippen molar-refractivity contribution in [3.05, 3.63) is 47.4 Å². The standard InChI is InChI=1S/C17H16ClN7O6S/c1-3-31-15(26)10-9-20-24-14(10)32(28,29)25(12-6-4-5-7-19-12)17(27)23-16-21-11(18)8-13(22-16)30-2/h4-9H,3H2,1-2H3,(H,20,24)(H,21,22,23,27). The Balaban J connectivity index is 2.06. The number of sulfonamides is 1. The molecule has 3 rings (SSSR count). The summed E-state index contributed by atoms with van der Waals surface area (Å²) in [5, 5.41) is 7.33. The van der Waals surface area contributed by atoms with E-state index in [2.05, 4.69) is 30.5 Å². The normalized spacial score (nSPS) is 11.0. The number of esters is 1. The van der Waals surface area contributed by atoms with Gasteiger partial charge in [-0.25, -0.2) is 19.6 Å². The highest BCUT2D eigenvalue weighted by Gasteiger charge is 2.37. The molecule has 0 bridgehead atoms. The van der Waals surface area contributed by atoms with Crippen molar-refractivity contribution in [3.63, 3.8) is 0 Å². The van der Waals surface area contributed by atoms with Crippen molar-refractivity contribution in [1.29, 1.82) is 0 Å². The average molecular weight is 482 g/mol. The van der Waals surface area contributed by atoms with Crippen molar-refractivity contribution in [2.24, 2.45) is 0 Å². The van der Waals surface area contributed by atoms with Crippen molar-refractivity contribution in [3.8, 4) is 5.88 Å². The van der Waals surface area contributed by atoms with Gasteiger partial charge in [0, 0.05) is 12.3 Å². The quantitative estimate of drug-likeness (QED) is 0.375. The van der Waals surface area contributed by atoms with Crippen LogP contribution in [0, 0.1) is 0 Å². The summed E-state index contributed by atoms with van der Waals surface area (Å²) in [5.41, 5.74) is -0.388. The SMILES string of the molecule is CCOC(=O)c1cn[nH]c1S(=O)(=O)N(C(=O)Nc1nc(Cl)cc(OC)n1)c1ccccn1. The van der Waals surface area contributed by atoms with Gasteiger partial charge in [0.15, 0.2) is 10.8 Å². The number of aromatic nitrogens is 5. The second-order valence-electron chi connectivity index (χ2n) is 5.78. The second-order valence-corrected chi connectivity index (χ2v) is 7.89. The number of nitrogens with one attached hydrogen (secondary N) is 2. The summed E-state index contributed by atoms with van der Waals surface area (Å²) in [6.45, 7) is 1.56. The Labute approximate surface area is 186 Å². The molecule has 2 N–H and O–H groups in total. The highest BCUT2D eigenvalue weighted by molar-refractivity contribution is 7.93. The lowest BCUT2D eigenvalue weighted by molar-refractivity contribution is 0.0521. The predicted molar refractivity (Wildman–Crippen MR) is 111 cm³/mol. The van der Waals surface area contributed by atoms with Gasteiger partial charge in [-0.2, -0.15) is 22.8 Å². The molecule has 2 amide bonds. The average Bonchev–Trinajstić information content (AvgIpc) is 3.25. The van der Waals surface area contributed by atoms with Crippen LogP contribution in [0.1, 0.15) is 17.3 Å². The third kappa shape index (κ3) is 4.76. The molecule has 0 spiro atoms. The highest BCUT2D eigenvalue weighted by Crippen LogP contribution is 2.25. The fourth-order valence-electron chi connectivity index (χ4n) is 2.43. The first kappa shape index (κ1) is 22.9. The van der Waals surface area contributed by atoms with Gasteiger partial charge in [0.25, 0.3) is 10.0 Å². The van der Waals surface area contributed by atoms with Crippen molar-refractivity contribution in [2.45, 2.75) is 11.9 Å². The lowest BCUT2D eigenvalue weighted by Gasteiger charge is -2.21. The molecule has 168 valence electrons. The van der Waals surface area contributed by atoms with E-state index < -0.39 is 27.0 Å². The van der Waals surface area contributed by atoms with Gasteiger partial charge in [-0.3, -0.25) is 10.4 Å². The Hall–Kier alpha value is -3.78. The fourth-order valence-corrected chi connectivity index (χ4v) is 3.99. The number of aromatic amines is 1. The van der Waals surface area contributed by atoms with Gasteiger partial charge in [-0.1, -0.05) is 17.7 Å². The first-order valence-electron chi connectivity index (χ1n) is 8.84. The fraction of sp³-hybridized carbons (Fsp3) is 0.176. The van der Waals surface area contributed by atoms with Gasteiger partial charge in [-0.05, 0) is 19.1 Å². The number of nitrogens with zero attached hydrogens (tertiary/aromatic N) is 5. The summed E-state index contributed by atoms with van der Waals surface area (Å²) < 4.78 is 36.9. The Bertz CT molecular complexity index is 1240. The lowest BCUT2D eigenvalue weighted by atomic mass is 10.4. The van der Waals surface area contributed by atoms with E-state index in [1.807, 2.05) is 0 Å². The summed E-state index contributed by atoms with van der Waals surface area (Å²) >= 11 is 5.87. The molecule has 0 aliphatic rings. The van der Waals surface area contributed by atoms with Crippen LogP contribution < -0.4 is 14.4 Å². The molecule has 0 aliphatic heterocycles. The highest BCUT2D eigenvalue weighted by atomic mass is 35.5. The molecule has 3 aromatic rings. The van der Waals surface area contributed by atoms with Crippen molar-refractivity contribution < 1.29 is 27.5 Å². The number of ether oxygens (including phenoxy) is 2. The molecule has 0 fully saturated rings. The predicted octanol–water partition coefficient (Wildman–Crippen LogP) is 1.86. The minimum absolute atomic E-state index is 0.00187. The molecule has 32 heavy (non-hydrogen) atoms. The number of urea groups is 1. The van der Waals surface area contributed by atoms with Crippen molar-refractivity contribution in [1.82, 2.24) is 25.1 Å². The molecule has 0 saturated heterocycles. The third-order valence-corrected chi connectivity index (χ3v) is 5.59. The molecule has 13 nitrogen and oxygen atoms in total. The Morgan fingerprint density at radius 3 is 2.72 bits per heavy atom. The maximum atomic E-state index is 13.4. The molecule has 0 aliphatic carbocycles. The summed E-state index contributed by atoms with van der Waals surface area (Å²) in [5.74, 6) is -1.51. The van der Waals surface area contributed by atoms with Gasteiger partial charge < -0.3 is 9.47 Å². The third-order valence-electron chi connectivity index (χ3n) is 3.74. The van der Waals surface area contributed by atoms with Crippen LogP contribution in [0.4, 0.5) is 16.6 Å². The molecular weight excluding hydrogens is 466 g/mol. The number of anilines is 2. The van der Waals surface area contributed by atoms with Crippen LogP contribution in [0.25, 0.3) is 0 Å². The number of methoxy groups -OCH3 is 1. The van der Waals surface area contributed by atoms with Crippen LogP contribution in [-0.2, 0) is 14.8 Å². The van der Waals surface area contributed by atoms with Crippen LogP contribution in [0.2, 0.25) is 5.15 Å². The Morgan fingerprint density at radius 2 is 2.06 bits per heavy atom. The number of hydrogen-bond acceptors (Lipinski definition) is 10. The van der Waals surface area contributed by atoms with Crippen LogP contribution in [0.3, 0.4) is 0 Å². The number of carbonyl (C=O) groups is 2. The van der Waals surface area contributed by atoms with Gasteiger partial charge in [0.05, 0.1) is 19.9 Å². The Morgan fingerprint density at radius 1 is 1.28 bits per heavy atom. The molecule has 15 heteroatoms. The van der Waals surface area contributed by atoms with E-state index in [1.165, 1.54) is 37.6 Å². The van der Waals surface area contributed by atoms with Gasteiger partial charge >= 0.3 is 12.0 Å². The van der Waals surface area contributed by atoms with E-state index in [9.17, 15) is 18.0 Å². The number of carbonyl (C=O) groups excluding carboxylic acids is 2. The summed E-state index contributed by atoms with van der Waals surface area (Å²) in [6.07, 6.45) is 2.26. The van der Waals surface area contributed by atoms with Gasteiger partial charge in [0.2, 0.25) is 11.8 Å². The number of pyridine rings is 1. The number of amides is 2. The van der Waals surface area contributed by atoms with Crippen molar-refractivity contribution >= 4 is 45.4 Å². The number of H-pyrrole nitrogens is 1. The second kappa shape index (κ2) is 9.57. The smallest absolute Gasteiger partial charge is 0.344 e.